The van der Waals surface area contributed by atoms with Gasteiger partial charge in [0.15, 0.2) is 0 Å². The standard InChI is InChI=1S/C13H26N4O3S/c1-10(2)14-9-12-13(11(3)15-16-12)21(18,19)17(4)7-6-8-20-5/h10,14H,6-9H2,1-5H3,(H,15,16). The smallest absolute Gasteiger partial charge is 0.246 e. The van der Waals surface area contributed by atoms with Gasteiger partial charge in [-0.1, -0.05) is 13.8 Å². The van der Waals surface area contributed by atoms with Gasteiger partial charge in [0.1, 0.15) is 4.90 Å². The maximum absolute atomic E-state index is 12.7. The highest BCUT2D eigenvalue weighted by molar-refractivity contribution is 7.89. The first-order chi connectivity index (χ1) is 9.80. The Morgan fingerprint density at radius 1 is 1.43 bits per heavy atom. The van der Waals surface area contributed by atoms with Gasteiger partial charge in [-0.15, -0.1) is 0 Å². The monoisotopic (exact) mass is 318 g/mol. The molecule has 0 saturated heterocycles. The zero-order chi connectivity index (χ0) is 16.0. The van der Waals surface area contributed by atoms with Gasteiger partial charge in [0.25, 0.3) is 0 Å². The SMILES string of the molecule is COCCCN(C)S(=O)(=O)c1c(CNC(C)C)n[nH]c1C. The summed E-state index contributed by atoms with van der Waals surface area (Å²) in [6.07, 6.45) is 0.655. The molecule has 0 aliphatic heterocycles. The van der Waals surface area contributed by atoms with E-state index >= 15 is 0 Å². The Labute approximate surface area is 127 Å². The molecule has 0 saturated carbocycles. The highest BCUT2D eigenvalue weighted by atomic mass is 32.2. The predicted octanol–water partition coefficient (Wildman–Crippen LogP) is 0.873. The van der Waals surface area contributed by atoms with Crippen LogP contribution < -0.4 is 5.32 Å². The predicted molar refractivity (Wildman–Crippen MR) is 81.6 cm³/mol. The minimum Gasteiger partial charge on any atom is -0.385 e. The number of hydrogen-bond acceptors (Lipinski definition) is 5. The Balaban J connectivity index is 2.93. The second kappa shape index (κ2) is 7.88. The van der Waals surface area contributed by atoms with Crippen molar-refractivity contribution in [3.8, 4) is 0 Å². The summed E-state index contributed by atoms with van der Waals surface area (Å²) >= 11 is 0. The van der Waals surface area contributed by atoms with Crippen LogP contribution in [0.5, 0.6) is 0 Å². The molecule has 0 atom stereocenters. The van der Waals surface area contributed by atoms with Crippen LogP contribution in [0.25, 0.3) is 0 Å². The van der Waals surface area contributed by atoms with Crippen molar-refractivity contribution in [2.75, 3.05) is 27.3 Å². The van der Waals surface area contributed by atoms with E-state index in [0.717, 1.165) is 0 Å². The molecule has 1 rings (SSSR count). The van der Waals surface area contributed by atoms with E-state index in [1.807, 2.05) is 13.8 Å². The van der Waals surface area contributed by atoms with Crippen LogP contribution in [0.1, 0.15) is 31.7 Å². The van der Waals surface area contributed by atoms with Gasteiger partial charge >= 0.3 is 0 Å². The molecule has 0 aromatic carbocycles. The molecule has 0 aliphatic carbocycles. The number of aromatic nitrogens is 2. The van der Waals surface area contributed by atoms with E-state index in [2.05, 4.69) is 15.5 Å². The summed E-state index contributed by atoms with van der Waals surface area (Å²) in [6.45, 7) is 7.10. The van der Waals surface area contributed by atoms with Gasteiger partial charge in [-0.05, 0) is 13.3 Å². The quantitative estimate of drug-likeness (QED) is 0.660. The van der Waals surface area contributed by atoms with Gasteiger partial charge in [0, 0.05) is 39.9 Å². The average Bonchev–Trinajstić information content (AvgIpc) is 2.78. The highest BCUT2D eigenvalue weighted by Crippen LogP contribution is 2.21. The summed E-state index contributed by atoms with van der Waals surface area (Å²) in [5.41, 5.74) is 1.09. The lowest BCUT2D eigenvalue weighted by Gasteiger charge is -2.18. The fourth-order valence-electron chi connectivity index (χ4n) is 1.94. The molecule has 21 heavy (non-hydrogen) atoms. The number of rotatable bonds is 9. The van der Waals surface area contributed by atoms with E-state index in [1.165, 1.54) is 4.31 Å². The molecule has 0 bridgehead atoms. The minimum absolute atomic E-state index is 0.261. The fraction of sp³-hybridized carbons (Fsp3) is 0.769. The average molecular weight is 318 g/mol. The molecule has 1 aromatic heterocycles. The zero-order valence-electron chi connectivity index (χ0n) is 13.4. The molecule has 0 radical (unpaired) electrons. The van der Waals surface area contributed by atoms with Crippen LogP contribution in [0.4, 0.5) is 0 Å². The van der Waals surface area contributed by atoms with Gasteiger partial charge in [-0.2, -0.15) is 5.10 Å². The second-order valence-electron chi connectivity index (χ2n) is 5.33. The van der Waals surface area contributed by atoms with Crippen LogP contribution in [0, 0.1) is 6.92 Å². The van der Waals surface area contributed by atoms with Crippen LogP contribution in [0.15, 0.2) is 4.90 Å². The lowest BCUT2D eigenvalue weighted by atomic mass is 10.3. The number of H-pyrrole nitrogens is 1. The van der Waals surface area contributed by atoms with Gasteiger partial charge in [0.05, 0.1) is 11.4 Å². The molecule has 0 aliphatic rings. The fourth-order valence-corrected chi connectivity index (χ4v) is 3.47. The molecular weight excluding hydrogens is 292 g/mol. The van der Waals surface area contributed by atoms with Crippen molar-refractivity contribution in [2.45, 2.75) is 44.7 Å². The highest BCUT2D eigenvalue weighted by Gasteiger charge is 2.28. The number of methoxy groups -OCH3 is 1. The number of ether oxygens (including phenoxy) is 1. The Morgan fingerprint density at radius 3 is 2.67 bits per heavy atom. The van der Waals surface area contributed by atoms with Crippen LogP contribution in [-0.2, 0) is 21.3 Å². The van der Waals surface area contributed by atoms with E-state index in [4.69, 9.17) is 4.74 Å². The summed E-state index contributed by atoms with van der Waals surface area (Å²) < 4.78 is 31.7. The first kappa shape index (κ1) is 18.1. The van der Waals surface area contributed by atoms with E-state index in [0.29, 0.717) is 37.5 Å². The van der Waals surface area contributed by atoms with Crippen molar-refractivity contribution in [1.82, 2.24) is 19.8 Å². The Kier molecular flexibility index (Phi) is 6.79. The Morgan fingerprint density at radius 2 is 2.10 bits per heavy atom. The number of nitrogens with one attached hydrogen (secondary N) is 2. The van der Waals surface area contributed by atoms with Crippen LogP contribution >= 0.6 is 0 Å². The van der Waals surface area contributed by atoms with Crippen molar-refractivity contribution in [1.29, 1.82) is 0 Å². The Bertz CT molecular complexity index is 540. The van der Waals surface area contributed by atoms with Gasteiger partial charge in [-0.25, -0.2) is 12.7 Å². The lowest BCUT2D eigenvalue weighted by Crippen LogP contribution is -2.30. The molecule has 122 valence electrons. The van der Waals surface area contributed by atoms with Crippen molar-refractivity contribution in [2.24, 2.45) is 0 Å². The molecular formula is C13H26N4O3S. The molecule has 2 N–H and O–H groups in total. The van der Waals surface area contributed by atoms with E-state index < -0.39 is 10.0 Å². The minimum atomic E-state index is -3.54. The summed E-state index contributed by atoms with van der Waals surface area (Å²) in [7, 11) is -0.359. The third kappa shape index (κ3) is 4.77. The van der Waals surface area contributed by atoms with Gasteiger partial charge < -0.3 is 10.1 Å². The number of aromatic amines is 1. The molecule has 0 unspecified atom stereocenters. The molecule has 0 fully saturated rings. The number of hydrogen-bond donors (Lipinski definition) is 2. The third-order valence-electron chi connectivity index (χ3n) is 3.13. The molecule has 8 heteroatoms. The number of aryl methyl sites for hydroxylation is 1. The van der Waals surface area contributed by atoms with Crippen molar-refractivity contribution < 1.29 is 13.2 Å². The van der Waals surface area contributed by atoms with Crippen molar-refractivity contribution in [3.63, 3.8) is 0 Å². The summed E-state index contributed by atoms with van der Waals surface area (Å²) in [6, 6.07) is 0.261. The molecule has 0 amide bonds. The molecule has 1 heterocycles. The first-order valence-corrected chi connectivity index (χ1v) is 8.47. The van der Waals surface area contributed by atoms with Crippen molar-refractivity contribution in [3.05, 3.63) is 11.4 Å². The lowest BCUT2D eigenvalue weighted by molar-refractivity contribution is 0.189. The molecule has 7 nitrogen and oxygen atoms in total. The van der Waals surface area contributed by atoms with Crippen molar-refractivity contribution >= 4 is 10.0 Å². The summed E-state index contributed by atoms with van der Waals surface area (Å²) in [5, 5.41) is 10.1. The summed E-state index contributed by atoms with van der Waals surface area (Å²) in [4.78, 5) is 0.274. The number of sulfonamides is 1. The normalized spacial score (nSPS) is 12.5. The second-order valence-corrected chi connectivity index (χ2v) is 7.31. The molecule has 1 aromatic rings. The maximum atomic E-state index is 12.7. The van der Waals surface area contributed by atoms with E-state index in [1.54, 1.807) is 21.1 Å². The topological polar surface area (TPSA) is 87.3 Å². The zero-order valence-corrected chi connectivity index (χ0v) is 14.2. The van der Waals surface area contributed by atoms with Crippen LogP contribution in [0.3, 0.4) is 0 Å². The van der Waals surface area contributed by atoms with Gasteiger partial charge in [-0.3, -0.25) is 5.10 Å². The van der Waals surface area contributed by atoms with Gasteiger partial charge in [0.2, 0.25) is 10.0 Å². The maximum Gasteiger partial charge on any atom is 0.246 e. The number of nitrogens with zero attached hydrogens (tertiary/aromatic N) is 2. The van der Waals surface area contributed by atoms with Crippen LogP contribution in [0.2, 0.25) is 0 Å². The Hall–Kier alpha value is -0.960. The van der Waals surface area contributed by atoms with E-state index in [-0.39, 0.29) is 10.9 Å². The first-order valence-electron chi connectivity index (χ1n) is 7.03. The molecule has 0 spiro atoms. The largest absolute Gasteiger partial charge is 0.385 e. The van der Waals surface area contributed by atoms with Crippen LogP contribution in [-0.4, -0.2) is 56.3 Å². The summed E-state index contributed by atoms with van der Waals surface area (Å²) in [5.74, 6) is 0. The van der Waals surface area contributed by atoms with E-state index in [9.17, 15) is 8.42 Å². The third-order valence-corrected chi connectivity index (χ3v) is 5.19.